The van der Waals surface area contributed by atoms with Crippen molar-refractivity contribution in [2.75, 3.05) is 13.1 Å². The van der Waals surface area contributed by atoms with Gasteiger partial charge >= 0.3 is 0 Å². The van der Waals surface area contributed by atoms with Crippen LogP contribution < -0.4 is 10.6 Å². The lowest BCUT2D eigenvalue weighted by Gasteiger charge is -2.15. The molecular weight excluding hydrogens is 148 g/mol. The Labute approximate surface area is 76.1 Å². The second-order valence-electron chi connectivity index (χ2n) is 3.41. The van der Waals surface area contributed by atoms with Crippen molar-refractivity contribution in [3.05, 3.63) is 0 Å². The average molecular weight is 170 g/mol. The van der Waals surface area contributed by atoms with Crippen molar-refractivity contribution >= 4 is 0 Å². The van der Waals surface area contributed by atoms with Gasteiger partial charge in [-0.3, -0.25) is 0 Å². The SMILES string of the molecule is C1CCC2NCCC2NC1.CC. The largest absolute Gasteiger partial charge is 0.312 e. The van der Waals surface area contributed by atoms with E-state index in [0.29, 0.717) is 0 Å². The zero-order chi connectivity index (χ0) is 8.81. The second-order valence-corrected chi connectivity index (χ2v) is 3.41. The predicted molar refractivity (Wildman–Crippen MR) is 53.4 cm³/mol. The van der Waals surface area contributed by atoms with E-state index in [2.05, 4.69) is 10.6 Å². The summed E-state index contributed by atoms with van der Waals surface area (Å²) in [6, 6.07) is 1.59. The third kappa shape index (κ3) is 2.46. The first-order valence-corrected chi connectivity index (χ1v) is 5.43. The van der Waals surface area contributed by atoms with E-state index in [1.807, 2.05) is 13.8 Å². The number of hydrogen-bond donors (Lipinski definition) is 2. The van der Waals surface area contributed by atoms with Gasteiger partial charge in [0, 0.05) is 12.1 Å². The average Bonchev–Trinajstić information content (AvgIpc) is 2.46. The van der Waals surface area contributed by atoms with Crippen LogP contribution >= 0.6 is 0 Å². The summed E-state index contributed by atoms with van der Waals surface area (Å²) in [7, 11) is 0. The van der Waals surface area contributed by atoms with E-state index >= 15 is 0 Å². The molecule has 2 heterocycles. The van der Waals surface area contributed by atoms with E-state index in [0.717, 1.165) is 12.1 Å². The molecule has 2 rings (SSSR count). The molecule has 2 aliphatic heterocycles. The van der Waals surface area contributed by atoms with E-state index < -0.39 is 0 Å². The van der Waals surface area contributed by atoms with Crippen LogP contribution in [-0.4, -0.2) is 25.2 Å². The summed E-state index contributed by atoms with van der Waals surface area (Å²) >= 11 is 0. The van der Waals surface area contributed by atoms with Crippen molar-refractivity contribution < 1.29 is 0 Å². The fourth-order valence-corrected chi connectivity index (χ4v) is 2.09. The summed E-state index contributed by atoms with van der Waals surface area (Å²) in [4.78, 5) is 0. The molecule has 2 fully saturated rings. The van der Waals surface area contributed by atoms with Crippen LogP contribution in [0.1, 0.15) is 39.5 Å². The molecule has 2 N–H and O–H groups in total. The lowest BCUT2D eigenvalue weighted by molar-refractivity contribution is 0.470. The zero-order valence-electron chi connectivity index (χ0n) is 8.40. The third-order valence-electron chi connectivity index (χ3n) is 2.70. The quantitative estimate of drug-likeness (QED) is 0.576. The molecule has 0 aromatic carbocycles. The highest BCUT2D eigenvalue weighted by Gasteiger charge is 2.26. The minimum absolute atomic E-state index is 0.794. The zero-order valence-corrected chi connectivity index (χ0v) is 8.40. The van der Waals surface area contributed by atoms with E-state index in [1.54, 1.807) is 0 Å². The van der Waals surface area contributed by atoms with Crippen molar-refractivity contribution in [1.29, 1.82) is 0 Å². The third-order valence-corrected chi connectivity index (χ3v) is 2.70. The lowest BCUT2D eigenvalue weighted by Crippen LogP contribution is -2.38. The maximum Gasteiger partial charge on any atom is 0.0233 e. The molecule has 2 aliphatic rings. The van der Waals surface area contributed by atoms with Crippen LogP contribution in [-0.2, 0) is 0 Å². The Hall–Kier alpha value is -0.0800. The Bertz CT molecular complexity index is 102. The molecule has 0 radical (unpaired) electrons. The minimum atomic E-state index is 0.794. The van der Waals surface area contributed by atoms with Crippen LogP contribution in [0.3, 0.4) is 0 Å². The molecule has 0 amide bonds. The van der Waals surface area contributed by atoms with Gasteiger partial charge in [-0.1, -0.05) is 20.3 Å². The molecule has 12 heavy (non-hydrogen) atoms. The molecule has 0 aromatic heterocycles. The van der Waals surface area contributed by atoms with Gasteiger partial charge in [-0.05, 0) is 32.4 Å². The van der Waals surface area contributed by atoms with Crippen LogP contribution in [0.4, 0.5) is 0 Å². The Kier molecular flexibility index (Phi) is 4.62. The van der Waals surface area contributed by atoms with Crippen molar-refractivity contribution in [1.82, 2.24) is 10.6 Å². The summed E-state index contributed by atoms with van der Waals surface area (Å²) in [5.41, 5.74) is 0. The molecule has 0 aromatic rings. The summed E-state index contributed by atoms with van der Waals surface area (Å²) in [6.45, 7) is 6.46. The minimum Gasteiger partial charge on any atom is -0.312 e. The molecule has 2 nitrogen and oxygen atoms in total. The first-order valence-electron chi connectivity index (χ1n) is 5.43. The van der Waals surface area contributed by atoms with Crippen LogP contribution in [0.2, 0.25) is 0 Å². The van der Waals surface area contributed by atoms with Gasteiger partial charge in [0.1, 0.15) is 0 Å². The molecule has 2 saturated heterocycles. The maximum atomic E-state index is 3.58. The van der Waals surface area contributed by atoms with Gasteiger partial charge in [-0.2, -0.15) is 0 Å². The van der Waals surface area contributed by atoms with E-state index in [4.69, 9.17) is 0 Å². The highest BCUT2D eigenvalue weighted by Crippen LogP contribution is 2.16. The van der Waals surface area contributed by atoms with Crippen LogP contribution in [0.25, 0.3) is 0 Å². The fourth-order valence-electron chi connectivity index (χ4n) is 2.09. The van der Waals surface area contributed by atoms with Crippen LogP contribution in [0.15, 0.2) is 0 Å². The Balaban J connectivity index is 0.000000336. The van der Waals surface area contributed by atoms with Gasteiger partial charge < -0.3 is 10.6 Å². The molecule has 0 aliphatic carbocycles. The predicted octanol–water partition coefficient (Wildman–Crippen LogP) is 1.52. The van der Waals surface area contributed by atoms with E-state index in [9.17, 15) is 0 Å². The molecule has 0 saturated carbocycles. The molecular formula is C10H22N2. The monoisotopic (exact) mass is 170 g/mol. The number of rotatable bonds is 0. The Morgan fingerprint density at radius 1 is 0.833 bits per heavy atom. The Morgan fingerprint density at radius 2 is 1.50 bits per heavy atom. The highest BCUT2D eigenvalue weighted by molar-refractivity contribution is 4.90. The van der Waals surface area contributed by atoms with Gasteiger partial charge in [0.2, 0.25) is 0 Å². The van der Waals surface area contributed by atoms with Crippen molar-refractivity contribution in [3.63, 3.8) is 0 Å². The van der Waals surface area contributed by atoms with Crippen LogP contribution in [0, 0.1) is 0 Å². The number of nitrogens with one attached hydrogen (secondary N) is 2. The maximum absolute atomic E-state index is 3.58. The van der Waals surface area contributed by atoms with Crippen molar-refractivity contribution in [2.24, 2.45) is 0 Å². The van der Waals surface area contributed by atoms with Gasteiger partial charge in [-0.25, -0.2) is 0 Å². The molecule has 2 atom stereocenters. The molecule has 2 heteroatoms. The smallest absolute Gasteiger partial charge is 0.0233 e. The topological polar surface area (TPSA) is 24.1 Å². The van der Waals surface area contributed by atoms with E-state index in [1.165, 1.54) is 38.8 Å². The van der Waals surface area contributed by atoms with Gasteiger partial charge in [0.15, 0.2) is 0 Å². The normalized spacial score (nSPS) is 34.5. The lowest BCUT2D eigenvalue weighted by atomic mass is 10.1. The van der Waals surface area contributed by atoms with E-state index in [-0.39, 0.29) is 0 Å². The molecule has 2 unspecified atom stereocenters. The summed E-state index contributed by atoms with van der Waals surface area (Å²) in [5, 5.41) is 7.12. The summed E-state index contributed by atoms with van der Waals surface area (Å²) in [6.07, 6.45) is 5.50. The molecule has 0 spiro atoms. The summed E-state index contributed by atoms with van der Waals surface area (Å²) in [5.74, 6) is 0. The Morgan fingerprint density at radius 3 is 2.33 bits per heavy atom. The summed E-state index contributed by atoms with van der Waals surface area (Å²) < 4.78 is 0. The van der Waals surface area contributed by atoms with Gasteiger partial charge in [0.05, 0.1) is 0 Å². The van der Waals surface area contributed by atoms with Crippen molar-refractivity contribution in [3.8, 4) is 0 Å². The number of fused-ring (bicyclic) bond motifs is 1. The van der Waals surface area contributed by atoms with Crippen molar-refractivity contribution in [2.45, 2.75) is 51.6 Å². The molecule has 72 valence electrons. The van der Waals surface area contributed by atoms with Gasteiger partial charge in [0.25, 0.3) is 0 Å². The number of hydrogen-bond acceptors (Lipinski definition) is 2. The highest BCUT2D eigenvalue weighted by atomic mass is 15.1. The molecule has 0 bridgehead atoms. The van der Waals surface area contributed by atoms with Gasteiger partial charge in [-0.15, -0.1) is 0 Å². The first kappa shape index (κ1) is 10.0. The fraction of sp³-hybridized carbons (Fsp3) is 1.00. The second kappa shape index (κ2) is 5.55. The standard InChI is InChI=1S/C8H16N2.C2H6/c1-2-5-9-8-4-6-10-7(8)3-1;1-2/h7-10H,1-6H2;1-2H3. The first-order chi connectivity index (χ1) is 5.97. The van der Waals surface area contributed by atoms with Crippen LogP contribution in [0.5, 0.6) is 0 Å².